The summed E-state index contributed by atoms with van der Waals surface area (Å²) in [5, 5.41) is 16.8. The lowest BCUT2D eigenvalue weighted by molar-refractivity contribution is 0.0864. The molecule has 2 aromatic heterocycles. The number of halogens is 1. The SMILES string of the molecule is COc1ccc(CNc2nc(N3CCN(c4ccnc(N(C)C)n4)CC3)nc(OC)c2C(=O)NC2CCC(O)CC2)cc1Cl. The number of aromatic nitrogens is 4. The number of nitrogens with one attached hydrogen (secondary N) is 2. The number of aliphatic hydroxyl groups is 1. The van der Waals surface area contributed by atoms with Gasteiger partial charge in [-0.25, -0.2) is 4.98 Å². The van der Waals surface area contributed by atoms with Crippen LogP contribution in [0.25, 0.3) is 0 Å². The Morgan fingerprint density at radius 2 is 1.75 bits per heavy atom. The Labute approximate surface area is 262 Å². The van der Waals surface area contributed by atoms with E-state index < -0.39 is 0 Å². The zero-order valence-electron chi connectivity index (χ0n) is 25.6. The van der Waals surface area contributed by atoms with Crippen molar-refractivity contribution in [3.05, 3.63) is 46.6 Å². The minimum Gasteiger partial charge on any atom is -0.495 e. The molecule has 3 N–H and O–H groups in total. The fraction of sp³-hybridized carbons (Fsp3) is 0.500. The molecule has 14 heteroatoms. The molecule has 0 radical (unpaired) electrons. The second-order valence-electron chi connectivity index (χ2n) is 11.1. The van der Waals surface area contributed by atoms with Crippen LogP contribution in [0.1, 0.15) is 41.6 Å². The normalized spacial score (nSPS) is 18.5. The molecule has 5 rings (SSSR count). The fourth-order valence-electron chi connectivity index (χ4n) is 5.40. The molecule has 1 saturated heterocycles. The maximum absolute atomic E-state index is 13.7. The molecule has 1 aliphatic heterocycles. The number of amides is 1. The van der Waals surface area contributed by atoms with Crippen molar-refractivity contribution in [3.63, 3.8) is 0 Å². The number of rotatable bonds is 10. The van der Waals surface area contributed by atoms with Gasteiger partial charge in [-0.05, 0) is 49.4 Å². The first-order chi connectivity index (χ1) is 21.2. The van der Waals surface area contributed by atoms with E-state index >= 15 is 0 Å². The number of ether oxygens (including phenoxy) is 2. The molecule has 13 nitrogen and oxygen atoms in total. The number of carbonyl (C=O) groups is 1. The Balaban J connectivity index is 1.38. The number of piperazine rings is 1. The molecule has 2 aliphatic rings. The van der Waals surface area contributed by atoms with Crippen LogP contribution in [0.5, 0.6) is 11.6 Å². The highest BCUT2D eigenvalue weighted by Gasteiger charge is 2.29. The topological polar surface area (TPSA) is 141 Å². The lowest BCUT2D eigenvalue weighted by Gasteiger charge is -2.35. The summed E-state index contributed by atoms with van der Waals surface area (Å²) in [6.07, 6.45) is 4.16. The molecule has 44 heavy (non-hydrogen) atoms. The molecule has 1 aliphatic carbocycles. The van der Waals surface area contributed by atoms with Gasteiger partial charge in [-0.2, -0.15) is 15.0 Å². The van der Waals surface area contributed by atoms with E-state index in [4.69, 9.17) is 31.0 Å². The number of hydrogen-bond donors (Lipinski definition) is 3. The molecule has 2 fully saturated rings. The van der Waals surface area contributed by atoms with Gasteiger partial charge in [0, 0.05) is 59.1 Å². The van der Waals surface area contributed by atoms with Crippen LogP contribution in [-0.2, 0) is 6.54 Å². The molecule has 1 amide bonds. The summed E-state index contributed by atoms with van der Waals surface area (Å²) in [5.41, 5.74) is 1.12. The number of nitrogens with zero attached hydrogens (tertiary/aromatic N) is 7. The third kappa shape index (κ3) is 7.33. The zero-order valence-corrected chi connectivity index (χ0v) is 26.3. The molecule has 236 valence electrons. The quantitative estimate of drug-likeness (QED) is 0.305. The van der Waals surface area contributed by atoms with Crippen molar-refractivity contribution < 1.29 is 19.4 Å². The maximum Gasteiger partial charge on any atom is 0.260 e. The monoisotopic (exact) mass is 625 g/mol. The van der Waals surface area contributed by atoms with Crippen LogP contribution in [-0.4, -0.2) is 97.6 Å². The van der Waals surface area contributed by atoms with E-state index in [0.29, 0.717) is 86.9 Å². The first-order valence-corrected chi connectivity index (χ1v) is 15.1. The van der Waals surface area contributed by atoms with Crippen LogP contribution in [0.2, 0.25) is 5.02 Å². The van der Waals surface area contributed by atoms with Crippen molar-refractivity contribution >= 4 is 41.0 Å². The summed E-state index contributed by atoms with van der Waals surface area (Å²) in [5.74, 6) is 2.79. The lowest BCUT2D eigenvalue weighted by atomic mass is 9.93. The van der Waals surface area contributed by atoms with Gasteiger partial charge in [0.2, 0.25) is 17.8 Å². The fourth-order valence-corrected chi connectivity index (χ4v) is 5.68. The average Bonchev–Trinajstić information content (AvgIpc) is 3.04. The van der Waals surface area contributed by atoms with Crippen molar-refractivity contribution in [1.82, 2.24) is 25.3 Å². The van der Waals surface area contributed by atoms with E-state index in [9.17, 15) is 9.90 Å². The molecule has 0 spiro atoms. The van der Waals surface area contributed by atoms with Gasteiger partial charge in [0.1, 0.15) is 22.9 Å². The number of anilines is 4. The third-order valence-corrected chi connectivity index (χ3v) is 8.20. The summed E-state index contributed by atoms with van der Waals surface area (Å²) >= 11 is 6.36. The van der Waals surface area contributed by atoms with Crippen molar-refractivity contribution in [3.8, 4) is 11.6 Å². The molecule has 1 aromatic carbocycles. The molecule has 0 atom stereocenters. The summed E-state index contributed by atoms with van der Waals surface area (Å²) < 4.78 is 11.0. The largest absolute Gasteiger partial charge is 0.495 e. The van der Waals surface area contributed by atoms with E-state index in [1.165, 1.54) is 7.11 Å². The van der Waals surface area contributed by atoms with E-state index in [1.807, 2.05) is 37.2 Å². The Morgan fingerprint density at radius 1 is 1.02 bits per heavy atom. The molecular formula is C30H40ClN9O4. The number of aliphatic hydroxyl groups excluding tert-OH is 1. The van der Waals surface area contributed by atoms with Gasteiger partial charge in [-0.1, -0.05) is 17.7 Å². The Hall–Kier alpha value is -4.10. The van der Waals surface area contributed by atoms with Gasteiger partial charge in [0.05, 0.1) is 25.3 Å². The molecule has 1 saturated carbocycles. The van der Waals surface area contributed by atoms with Gasteiger partial charge >= 0.3 is 0 Å². The van der Waals surface area contributed by atoms with Crippen LogP contribution in [0.3, 0.4) is 0 Å². The lowest BCUT2D eigenvalue weighted by Crippen LogP contribution is -2.47. The highest BCUT2D eigenvalue weighted by atomic mass is 35.5. The average molecular weight is 626 g/mol. The maximum atomic E-state index is 13.7. The van der Waals surface area contributed by atoms with Gasteiger partial charge in [-0.3, -0.25) is 4.79 Å². The second kappa shape index (κ2) is 14.1. The van der Waals surface area contributed by atoms with Crippen LogP contribution < -0.4 is 34.8 Å². The van der Waals surface area contributed by atoms with Gasteiger partial charge in [0.25, 0.3) is 5.91 Å². The highest BCUT2D eigenvalue weighted by molar-refractivity contribution is 6.32. The number of benzene rings is 1. The highest BCUT2D eigenvalue weighted by Crippen LogP contribution is 2.30. The first-order valence-electron chi connectivity index (χ1n) is 14.8. The smallest absolute Gasteiger partial charge is 0.260 e. The molecule has 0 unspecified atom stereocenters. The molecule has 0 bridgehead atoms. The van der Waals surface area contributed by atoms with E-state index in [-0.39, 0.29) is 29.5 Å². The van der Waals surface area contributed by atoms with E-state index in [2.05, 4.69) is 30.4 Å². The minimum atomic E-state index is -0.324. The van der Waals surface area contributed by atoms with Gasteiger partial charge in [-0.15, -0.1) is 0 Å². The third-order valence-electron chi connectivity index (χ3n) is 7.91. The van der Waals surface area contributed by atoms with Crippen LogP contribution in [0, 0.1) is 0 Å². The Kier molecular flexibility index (Phi) is 10.1. The number of methoxy groups -OCH3 is 2. The minimum absolute atomic E-state index is 0.0496. The summed E-state index contributed by atoms with van der Waals surface area (Å²) in [6, 6.07) is 7.38. The number of hydrogen-bond acceptors (Lipinski definition) is 12. The number of carbonyl (C=O) groups excluding carboxylic acids is 1. The summed E-state index contributed by atoms with van der Waals surface area (Å²) in [7, 11) is 6.91. The van der Waals surface area contributed by atoms with Crippen LogP contribution in [0.4, 0.5) is 23.5 Å². The van der Waals surface area contributed by atoms with Crippen molar-refractivity contribution in [2.24, 2.45) is 0 Å². The van der Waals surface area contributed by atoms with Gasteiger partial charge in [0.15, 0.2) is 0 Å². The Morgan fingerprint density at radius 3 is 2.41 bits per heavy atom. The summed E-state index contributed by atoms with van der Waals surface area (Å²) in [6.45, 7) is 3.06. The molecule has 3 heterocycles. The molecule has 3 aromatic rings. The van der Waals surface area contributed by atoms with Gasteiger partial charge < -0.3 is 39.9 Å². The van der Waals surface area contributed by atoms with Crippen LogP contribution >= 0.6 is 11.6 Å². The predicted molar refractivity (Wildman–Crippen MR) is 170 cm³/mol. The van der Waals surface area contributed by atoms with E-state index in [1.54, 1.807) is 19.4 Å². The molecular weight excluding hydrogens is 586 g/mol. The van der Waals surface area contributed by atoms with Crippen molar-refractivity contribution in [2.75, 3.05) is 74.5 Å². The van der Waals surface area contributed by atoms with Crippen LogP contribution in [0.15, 0.2) is 30.5 Å². The standard InChI is InChI=1S/C30H40ClN9O4/c1-38(2)29-32-12-11-24(35-29)39-13-15-40(16-14-39)30-36-26(33-18-19-5-10-23(43-3)22(31)17-19)25(28(37-30)44-4)27(42)34-20-6-8-21(41)9-7-20/h5,10-12,17,20-21,41H,6-9,13-16,18H2,1-4H3,(H,34,42)(H,33,36,37). The first kappa shape index (κ1) is 31.3. The predicted octanol–water partition coefficient (Wildman–Crippen LogP) is 2.98. The zero-order chi connectivity index (χ0) is 31.2. The van der Waals surface area contributed by atoms with Crippen molar-refractivity contribution in [1.29, 1.82) is 0 Å². The second-order valence-corrected chi connectivity index (χ2v) is 11.5. The Bertz CT molecular complexity index is 1440. The van der Waals surface area contributed by atoms with Crippen molar-refractivity contribution in [2.45, 2.75) is 44.4 Å². The summed E-state index contributed by atoms with van der Waals surface area (Å²) in [4.78, 5) is 38.4. The van der Waals surface area contributed by atoms with E-state index in [0.717, 1.165) is 11.4 Å².